The Morgan fingerprint density at radius 1 is 1.00 bits per heavy atom. The summed E-state index contributed by atoms with van der Waals surface area (Å²) in [6.07, 6.45) is 6.15. The van der Waals surface area contributed by atoms with Crippen LogP contribution in [0.2, 0.25) is 0 Å². The van der Waals surface area contributed by atoms with Crippen LogP contribution in [0.1, 0.15) is 36.8 Å². The molecular formula is C29H32FN5O2S. The molecule has 0 spiro atoms. The van der Waals surface area contributed by atoms with Crippen molar-refractivity contribution in [2.75, 3.05) is 19.4 Å². The van der Waals surface area contributed by atoms with Crippen LogP contribution >= 0.6 is 0 Å². The van der Waals surface area contributed by atoms with Crippen LogP contribution in [-0.2, 0) is 15.6 Å². The van der Waals surface area contributed by atoms with Crippen molar-refractivity contribution in [3.05, 3.63) is 77.7 Å². The summed E-state index contributed by atoms with van der Waals surface area (Å²) in [5.74, 6) is -0.395. The molecule has 9 heteroatoms. The quantitative estimate of drug-likeness (QED) is 0.340. The molecule has 2 aromatic carbocycles. The van der Waals surface area contributed by atoms with Gasteiger partial charge in [-0.15, -0.1) is 0 Å². The van der Waals surface area contributed by atoms with Gasteiger partial charge < -0.3 is 10.2 Å². The summed E-state index contributed by atoms with van der Waals surface area (Å²) in [6.45, 7) is 1.95. The Bertz CT molecular complexity index is 1550. The summed E-state index contributed by atoms with van der Waals surface area (Å²) in [7, 11) is 0.615. The molecule has 0 atom stereocenters. The van der Waals surface area contributed by atoms with E-state index in [1.807, 2.05) is 13.0 Å². The van der Waals surface area contributed by atoms with Crippen LogP contribution in [0.4, 0.5) is 10.3 Å². The van der Waals surface area contributed by atoms with Crippen molar-refractivity contribution in [3.63, 3.8) is 0 Å². The number of aryl methyl sites for hydroxylation is 1. The van der Waals surface area contributed by atoms with Crippen molar-refractivity contribution >= 4 is 26.8 Å². The molecule has 0 unspecified atom stereocenters. The SMILES string of the molecule is Cc1cc(-c2ccc(CS(=O)(=O)c3ccccc3)c(F)c2)nc2cnc(NC3CCC(N(C)C)CC3)nc12. The van der Waals surface area contributed by atoms with Crippen molar-refractivity contribution in [1.82, 2.24) is 19.9 Å². The van der Waals surface area contributed by atoms with Crippen molar-refractivity contribution in [1.29, 1.82) is 0 Å². The number of hydrogen-bond donors (Lipinski definition) is 1. The van der Waals surface area contributed by atoms with Gasteiger partial charge in [0.2, 0.25) is 5.95 Å². The monoisotopic (exact) mass is 533 g/mol. The molecule has 5 rings (SSSR count). The van der Waals surface area contributed by atoms with Gasteiger partial charge in [0.15, 0.2) is 9.84 Å². The predicted octanol–water partition coefficient (Wildman–Crippen LogP) is 5.40. The van der Waals surface area contributed by atoms with Crippen molar-refractivity contribution in [3.8, 4) is 11.3 Å². The van der Waals surface area contributed by atoms with E-state index in [1.54, 1.807) is 30.5 Å². The molecule has 0 aliphatic heterocycles. The minimum Gasteiger partial charge on any atom is -0.351 e. The summed E-state index contributed by atoms with van der Waals surface area (Å²) in [5, 5.41) is 3.48. The number of benzene rings is 2. The van der Waals surface area contributed by atoms with Gasteiger partial charge >= 0.3 is 0 Å². The van der Waals surface area contributed by atoms with Crippen molar-refractivity contribution in [2.45, 2.75) is 55.3 Å². The fraction of sp³-hybridized carbons (Fsp3) is 0.345. The Balaban J connectivity index is 1.34. The second-order valence-electron chi connectivity index (χ2n) is 10.2. The summed E-state index contributed by atoms with van der Waals surface area (Å²) in [4.78, 5) is 16.4. The molecule has 1 N–H and O–H groups in total. The molecule has 1 aliphatic carbocycles. The van der Waals surface area contributed by atoms with E-state index in [-0.39, 0.29) is 10.5 Å². The van der Waals surface area contributed by atoms with E-state index in [0.717, 1.165) is 36.8 Å². The summed E-state index contributed by atoms with van der Waals surface area (Å²) in [5.41, 5.74) is 3.54. The number of nitrogens with one attached hydrogen (secondary N) is 1. The van der Waals surface area contributed by atoms with Gasteiger partial charge in [0.25, 0.3) is 0 Å². The lowest BCUT2D eigenvalue weighted by atomic mass is 9.91. The number of aromatic nitrogens is 3. The Kier molecular flexibility index (Phi) is 7.40. The largest absolute Gasteiger partial charge is 0.351 e. The van der Waals surface area contributed by atoms with E-state index in [1.165, 1.54) is 24.3 Å². The van der Waals surface area contributed by atoms with Crippen LogP contribution in [0.25, 0.3) is 22.3 Å². The highest BCUT2D eigenvalue weighted by Crippen LogP contribution is 2.28. The summed E-state index contributed by atoms with van der Waals surface area (Å²) < 4.78 is 40.4. The molecule has 2 heterocycles. The van der Waals surface area contributed by atoms with Crippen molar-refractivity contribution < 1.29 is 12.8 Å². The lowest BCUT2D eigenvalue weighted by Crippen LogP contribution is -2.36. The van der Waals surface area contributed by atoms with Gasteiger partial charge in [0, 0.05) is 23.2 Å². The first-order chi connectivity index (χ1) is 18.2. The maximum absolute atomic E-state index is 15.0. The molecule has 1 fully saturated rings. The van der Waals surface area contributed by atoms with Crippen LogP contribution in [0, 0.1) is 12.7 Å². The van der Waals surface area contributed by atoms with Crippen LogP contribution in [-0.4, -0.2) is 54.4 Å². The van der Waals surface area contributed by atoms with Crippen molar-refractivity contribution in [2.24, 2.45) is 0 Å². The Hall–Kier alpha value is -3.43. The van der Waals surface area contributed by atoms with E-state index < -0.39 is 21.4 Å². The third-order valence-electron chi connectivity index (χ3n) is 7.29. The first-order valence-corrected chi connectivity index (χ1v) is 14.5. The number of rotatable bonds is 7. The van der Waals surface area contributed by atoms with Gasteiger partial charge in [-0.25, -0.2) is 27.8 Å². The smallest absolute Gasteiger partial charge is 0.223 e. The number of pyridine rings is 1. The molecule has 0 radical (unpaired) electrons. The van der Waals surface area contributed by atoms with Gasteiger partial charge in [-0.3, -0.25) is 0 Å². The van der Waals surface area contributed by atoms with E-state index in [2.05, 4.69) is 34.3 Å². The number of fused-ring (bicyclic) bond motifs is 1. The van der Waals surface area contributed by atoms with Gasteiger partial charge in [-0.05, 0) is 76.5 Å². The second-order valence-corrected chi connectivity index (χ2v) is 12.2. The van der Waals surface area contributed by atoms with E-state index in [9.17, 15) is 8.42 Å². The third kappa shape index (κ3) is 5.68. The van der Waals surface area contributed by atoms with Gasteiger partial charge in [-0.2, -0.15) is 0 Å². The molecular weight excluding hydrogens is 501 g/mol. The first kappa shape index (κ1) is 26.2. The average Bonchev–Trinajstić information content (AvgIpc) is 2.91. The van der Waals surface area contributed by atoms with Crippen LogP contribution < -0.4 is 5.32 Å². The molecule has 0 saturated heterocycles. The number of halogens is 1. The van der Waals surface area contributed by atoms with E-state index >= 15 is 4.39 Å². The zero-order valence-corrected chi connectivity index (χ0v) is 22.7. The maximum atomic E-state index is 15.0. The molecule has 7 nitrogen and oxygen atoms in total. The van der Waals surface area contributed by atoms with Crippen LogP contribution in [0.5, 0.6) is 0 Å². The average molecular weight is 534 g/mol. The van der Waals surface area contributed by atoms with Gasteiger partial charge in [0.1, 0.15) is 11.3 Å². The molecule has 0 bridgehead atoms. The number of anilines is 1. The molecule has 198 valence electrons. The second kappa shape index (κ2) is 10.7. The predicted molar refractivity (Wildman–Crippen MR) is 148 cm³/mol. The zero-order chi connectivity index (χ0) is 26.9. The molecule has 4 aromatic rings. The highest BCUT2D eigenvalue weighted by Gasteiger charge is 2.23. The third-order valence-corrected chi connectivity index (χ3v) is 8.98. The van der Waals surface area contributed by atoms with E-state index in [0.29, 0.717) is 34.8 Å². The lowest BCUT2D eigenvalue weighted by molar-refractivity contribution is 0.221. The van der Waals surface area contributed by atoms with E-state index in [4.69, 9.17) is 4.98 Å². The fourth-order valence-corrected chi connectivity index (χ4v) is 6.44. The molecule has 0 amide bonds. The number of hydrogen-bond acceptors (Lipinski definition) is 7. The van der Waals surface area contributed by atoms with Gasteiger partial charge in [0.05, 0.1) is 28.1 Å². The highest BCUT2D eigenvalue weighted by molar-refractivity contribution is 7.90. The Labute approximate surface area is 223 Å². The number of sulfone groups is 1. The lowest BCUT2D eigenvalue weighted by Gasteiger charge is -2.32. The maximum Gasteiger partial charge on any atom is 0.223 e. The Morgan fingerprint density at radius 3 is 2.42 bits per heavy atom. The topological polar surface area (TPSA) is 88.1 Å². The standard InChI is InChI=1S/C29H32FN5O2S/c1-19-15-26(20-9-10-21(25(30)16-20)18-38(36,37)24-7-5-4-6-8-24)33-27-17-31-29(34-28(19)27)32-22-11-13-23(14-12-22)35(2)3/h4-10,15-17,22-23H,11-14,18H2,1-3H3,(H,31,32,34). The summed E-state index contributed by atoms with van der Waals surface area (Å²) in [6, 6.07) is 15.5. The van der Waals surface area contributed by atoms with Gasteiger partial charge in [-0.1, -0.05) is 30.3 Å². The molecule has 1 saturated carbocycles. The zero-order valence-electron chi connectivity index (χ0n) is 21.9. The minimum absolute atomic E-state index is 0.119. The van der Waals surface area contributed by atoms with Crippen LogP contribution in [0.3, 0.4) is 0 Å². The number of nitrogens with zero attached hydrogens (tertiary/aromatic N) is 4. The summed E-state index contributed by atoms with van der Waals surface area (Å²) >= 11 is 0. The van der Waals surface area contributed by atoms with Crippen LogP contribution in [0.15, 0.2) is 65.7 Å². The highest BCUT2D eigenvalue weighted by atomic mass is 32.2. The Morgan fingerprint density at radius 2 is 1.74 bits per heavy atom. The minimum atomic E-state index is -3.65. The normalized spacial score (nSPS) is 18.1. The first-order valence-electron chi connectivity index (χ1n) is 12.8. The molecule has 1 aliphatic rings. The molecule has 38 heavy (non-hydrogen) atoms. The molecule has 2 aromatic heterocycles. The fourth-order valence-electron chi connectivity index (χ4n) is 5.06.